The SMILES string of the molecule is CCCCCCOc1c(C=O)cccc1C=O. The second-order valence-electron chi connectivity index (χ2n) is 3.91. The van der Waals surface area contributed by atoms with Crippen LogP contribution in [-0.4, -0.2) is 19.2 Å². The summed E-state index contributed by atoms with van der Waals surface area (Å²) in [6.45, 7) is 2.69. The van der Waals surface area contributed by atoms with Crippen LogP contribution < -0.4 is 4.74 Å². The third-order valence-electron chi connectivity index (χ3n) is 2.57. The number of hydrogen-bond donors (Lipinski definition) is 0. The molecule has 0 N–H and O–H groups in total. The first-order valence-corrected chi connectivity index (χ1v) is 5.99. The van der Waals surface area contributed by atoms with Gasteiger partial charge in [0.1, 0.15) is 5.75 Å². The Morgan fingerprint density at radius 3 is 2.24 bits per heavy atom. The number of benzene rings is 1. The molecule has 1 aromatic rings. The predicted octanol–water partition coefficient (Wildman–Crippen LogP) is 3.27. The fourth-order valence-corrected chi connectivity index (χ4v) is 1.63. The number of ether oxygens (including phenoxy) is 1. The van der Waals surface area contributed by atoms with E-state index in [9.17, 15) is 9.59 Å². The Balaban J connectivity index is 2.61. The van der Waals surface area contributed by atoms with Gasteiger partial charge in [0.15, 0.2) is 12.6 Å². The molecule has 0 saturated heterocycles. The molecular formula is C14H18O3. The normalized spacial score (nSPS) is 9.94. The zero-order chi connectivity index (χ0) is 12.5. The molecule has 17 heavy (non-hydrogen) atoms. The second-order valence-corrected chi connectivity index (χ2v) is 3.91. The molecule has 0 radical (unpaired) electrons. The standard InChI is InChI=1S/C14H18O3/c1-2-3-4-5-9-17-14-12(10-15)7-6-8-13(14)11-16/h6-8,10-11H,2-5,9H2,1H3. The maximum Gasteiger partial charge on any atom is 0.153 e. The fourth-order valence-electron chi connectivity index (χ4n) is 1.63. The van der Waals surface area contributed by atoms with Gasteiger partial charge < -0.3 is 4.74 Å². The van der Waals surface area contributed by atoms with E-state index in [0.29, 0.717) is 36.1 Å². The van der Waals surface area contributed by atoms with Crippen LogP contribution in [0, 0.1) is 0 Å². The van der Waals surface area contributed by atoms with Gasteiger partial charge >= 0.3 is 0 Å². The number of carbonyl (C=O) groups is 2. The van der Waals surface area contributed by atoms with Crippen LogP contribution in [-0.2, 0) is 0 Å². The average Bonchev–Trinajstić information content (AvgIpc) is 2.38. The third-order valence-corrected chi connectivity index (χ3v) is 2.57. The Kier molecular flexibility index (Phi) is 6.00. The smallest absolute Gasteiger partial charge is 0.153 e. The van der Waals surface area contributed by atoms with E-state index in [-0.39, 0.29) is 0 Å². The molecule has 0 spiro atoms. The summed E-state index contributed by atoms with van der Waals surface area (Å²) in [5.74, 6) is 0.411. The van der Waals surface area contributed by atoms with E-state index >= 15 is 0 Å². The number of aldehydes is 2. The molecule has 0 amide bonds. The van der Waals surface area contributed by atoms with Crippen molar-refractivity contribution in [1.29, 1.82) is 0 Å². The fraction of sp³-hybridized carbons (Fsp3) is 0.429. The lowest BCUT2D eigenvalue weighted by molar-refractivity contribution is 0.111. The molecule has 0 aliphatic heterocycles. The molecule has 0 atom stereocenters. The van der Waals surface area contributed by atoms with Crippen molar-refractivity contribution < 1.29 is 14.3 Å². The summed E-state index contributed by atoms with van der Waals surface area (Å²) in [5, 5.41) is 0. The summed E-state index contributed by atoms with van der Waals surface area (Å²) < 4.78 is 5.53. The van der Waals surface area contributed by atoms with Gasteiger partial charge in [0, 0.05) is 0 Å². The Morgan fingerprint density at radius 1 is 1.06 bits per heavy atom. The largest absolute Gasteiger partial charge is 0.492 e. The zero-order valence-corrected chi connectivity index (χ0v) is 10.1. The van der Waals surface area contributed by atoms with Gasteiger partial charge in [-0.3, -0.25) is 9.59 Å². The average molecular weight is 234 g/mol. The van der Waals surface area contributed by atoms with Crippen LogP contribution >= 0.6 is 0 Å². The molecule has 1 aromatic carbocycles. The van der Waals surface area contributed by atoms with Gasteiger partial charge in [0.25, 0.3) is 0 Å². The molecule has 0 aliphatic carbocycles. The monoisotopic (exact) mass is 234 g/mol. The van der Waals surface area contributed by atoms with E-state index < -0.39 is 0 Å². The van der Waals surface area contributed by atoms with Crippen LogP contribution in [0.15, 0.2) is 18.2 Å². The molecule has 0 bridgehead atoms. The van der Waals surface area contributed by atoms with Gasteiger partial charge in [-0.25, -0.2) is 0 Å². The van der Waals surface area contributed by atoms with Crippen molar-refractivity contribution in [3.8, 4) is 5.75 Å². The molecule has 0 aromatic heterocycles. The number of rotatable bonds is 8. The van der Waals surface area contributed by atoms with E-state index in [0.717, 1.165) is 12.8 Å². The van der Waals surface area contributed by atoms with Crippen molar-refractivity contribution in [3.63, 3.8) is 0 Å². The number of hydrogen-bond acceptors (Lipinski definition) is 3. The van der Waals surface area contributed by atoms with Gasteiger partial charge in [-0.15, -0.1) is 0 Å². The molecule has 1 rings (SSSR count). The van der Waals surface area contributed by atoms with Gasteiger partial charge in [-0.2, -0.15) is 0 Å². The van der Waals surface area contributed by atoms with E-state index in [2.05, 4.69) is 6.92 Å². The van der Waals surface area contributed by atoms with Crippen molar-refractivity contribution >= 4 is 12.6 Å². The second kappa shape index (κ2) is 7.60. The zero-order valence-electron chi connectivity index (χ0n) is 10.1. The van der Waals surface area contributed by atoms with Crippen molar-refractivity contribution in [2.24, 2.45) is 0 Å². The minimum atomic E-state index is 0.411. The molecule has 3 heteroatoms. The minimum Gasteiger partial charge on any atom is -0.492 e. The molecule has 3 nitrogen and oxygen atoms in total. The Hall–Kier alpha value is -1.64. The summed E-state index contributed by atoms with van der Waals surface area (Å²) >= 11 is 0. The summed E-state index contributed by atoms with van der Waals surface area (Å²) in [6.07, 6.45) is 5.84. The Bertz CT molecular complexity index is 345. The minimum absolute atomic E-state index is 0.411. The highest BCUT2D eigenvalue weighted by Gasteiger charge is 2.08. The molecular weight excluding hydrogens is 216 g/mol. The highest BCUT2D eigenvalue weighted by molar-refractivity contribution is 5.88. The lowest BCUT2D eigenvalue weighted by Gasteiger charge is -2.10. The van der Waals surface area contributed by atoms with Gasteiger partial charge in [0.05, 0.1) is 17.7 Å². The van der Waals surface area contributed by atoms with Crippen LogP contribution in [0.4, 0.5) is 0 Å². The van der Waals surface area contributed by atoms with Crippen molar-refractivity contribution in [1.82, 2.24) is 0 Å². The summed E-state index contributed by atoms with van der Waals surface area (Å²) in [5.41, 5.74) is 0.871. The topological polar surface area (TPSA) is 43.4 Å². The lowest BCUT2D eigenvalue weighted by atomic mass is 10.1. The maximum atomic E-state index is 10.8. The Morgan fingerprint density at radius 2 is 1.71 bits per heavy atom. The first kappa shape index (κ1) is 13.4. The number of unbranched alkanes of at least 4 members (excludes halogenated alkanes) is 3. The van der Waals surface area contributed by atoms with Crippen LogP contribution in [0.5, 0.6) is 5.75 Å². The van der Waals surface area contributed by atoms with E-state index in [1.54, 1.807) is 18.2 Å². The number of para-hydroxylation sites is 1. The van der Waals surface area contributed by atoms with Gasteiger partial charge in [0.2, 0.25) is 0 Å². The van der Waals surface area contributed by atoms with Crippen LogP contribution in [0.3, 0.4) is 0 Å². The molecule has 92 valence electrons. The van der Waals surface area contributed by atoms with Crippen LogP contribution in [0.25, 0.3) is 0 Å². The van der Waals surface area contributed by atoms with Crippen molar-refractivity contribution in [2.45, 2.75) is 32.6 Å². The number of carbonyl (C=O) groups excluding carboxylic acids is 2. The molecule has 0 fully saturated rings. The summed E-state index contributed by atoms with van der Waals surface area (Å²) in [4.78, 5) is 21.7. The highest BCUT2D eigenvalue weighted by Crippen LogP contribution is 2.21. The Labute approximate surface area is 102 Å². The van der Waals surface area contributed by atoms with Gasteiger partial charge in [-0.05, 0) is 18.6 Å². The first-order valence-electron chi connectivity index (χ1n) is 5.99. The van der Waals surface area contributed by atoms with E-state index in [4.69, 9.17) is 4.74 Å². The molecule has 0 saturated carbocycles. The van der Waals surface area contributed by atoms with Crippen LogP contribution in [0.2, 0.25) is 0 Å². The molecule has 0 heterocycles. The maximum absolute atomic E-state index is 10.8. The van der Waals surface area contributed by atoms with Crippen molar-refractivity contribution in [3.05, 3.63) is 29.3 Å². The summed E-state index contributed by atoms with van der Waals surface area (Å²) in [6, 6.07) is 4.99. The van der Waals surface area contributed by atoms with Gasteiger partial charge in [-0.1, -0.05) is 32.3 Å². The van der Waals surface area contributed by atoms with E-state index in [1.165, 1.54) is 12.8 Å². The highest BCUT2D eigenvalue weighted by atomic mass is 16.5. The molecule has 0 unspecified atom stereocenters. The predicted molar refractivity (Wildman–Crippen MR) is 66.9 cm³/mol. The lowest BCUT2D eigenvalue weighted by Crippen LogP contribution is -2.03. The van der Waals surface area contributed by atoms with Crippen LogP contribution in [0.1, 0.15) is 53.3 Å². The van der Waals surface area contributed by atoms with E-state index in [1.807, 2.05) is 0 Å². The molecule has 0 aliphatic rings. The van der Waals surface area contributed by atoms with Crippen molar-refractivity contribution in [2.75, 3.05) is 6.61 Å². The third kappa shape index (κ3) is 4.02. The first-order chi connectivity index (χ1) is 8.33. The summed E-state index contributed by atoms with van der Waals surface area (Å²) in [7, 11) is 0. The quantitative estimate of drug-likeness (QED) is 0.512.